The second kappa shape index (κ2) is 5.88. The van der Waals surface area contributed by atoms with Gasteiger partial charge in [-0.1, -0.05) is 35.3 Å². The van der Waals surface area contributed by atoms with Crippen LogP contribution in [-0.4, -0.2) is 13.4 Å². The van der Waals surface area contributed by atoms with Crippen molar-refractivity contribution in [1.82, 2.24) is 9.71 Å². The van der Waals surface area contributed by atoms with E-state index in [2.05, 4.69) is 9.71 Å². The maximum Gasteiger partial charge on any atom is 0.243 e. The molecule has 100 valence electrons. The van der Waals surface area contributed by atoms with E-state index < -0.39 is 10.0 Å². The quantitative estimate of drug-likeness (QED) is 0.943. The summed E-state index contributed by atoms with van der Waals surface area (Å²) in [4.78, 5) is 3.91. The first-order valence-electron chi connectivity index (χ1n) is 5.34. The van der Waals surface area contributed by atoms with Crippen molar-refractivity contribution < 1.29 is 8.42 Å². The van der Waals surface area contributed by atoms with E-state index >= 15 is 0 Å². The number of hydrogen-bond donors (Lipinski definition) is 1. The van der Waals surface area contributed by atoms with Crippen LogP contribution >= 0.6 is 23.2 Å². The minimum Gasteiger partial charge on any atom is -0.260 e. The lowest BCUT2D eigenvalue weighted by molar-refractivity contribution is 0.580. The zero-order valence-electron chi connectivity index (χ0n) is 9.68. The highest BCUT2D eigenvalue weighted by Gasteiger charge is 2.21. The molecule has 2 rings (SSSR count). The molecule has 2 aromatic rings. The summed E-state index contributed by atoms with van der Waals surface area (Å²) in [5, 5.41) is 0.169. The predicted octanol–water partition coefficient (Wildman–Crippen LogP) is 2.87. The van der Waals surface area contributed by atoms with Crippen LogP contribution in [0, 0.1) is 0 Å². The fourth-order valence-electron chi connectivity index (χ4n) is 1.48. The van der Waals surface area contributed by atoms with Crippen molar-refractivity contribution in [3.63, 3.8) is 0 Å². The smallest absolute Gasteiger partial charge is 0.243 e. The standard InChI is InChI=1S/C12H10Cl2N2O2S/c13-10-5-3-6-11(14)12(10)19(17,18)16-8-9-4-1-2-7-15-9/h1-7,16H,8H2. The third-order valence-electron chi connectivity index (χ3n) is 2.36. The van der Waals surface area contributed by atoms with E-state index in [0.717, 1.165) is 0 Å². The van der Waals surface area contributed by atoms with Gasteiger partial charge in [-0.2, -0.15) is 0 Å². The molecule has 19 heavy (non-hydrogen) atoms. The van der Waals surface area contributed by atoms with Crippen LogP contribution in [0.5, 0.6) is 0 Å². The molecule has 1 N–H and O–H groups in total. The molecule has 1 heterocycles. The van der Waals surface area contributed by atoms with E-state index in [1.54, 1.807) is 30.5 Å². The van der Waals surface area contributed by atoms with Crippen LogP contribution in [-0.2, 0) is 16.6 Å². The van der Waals surface area contributed by atoms with Gasteiger partial charge in [0.15, 0.2) is 0 Å². The highest BCUT2D eigenvalue weighted by molar-refractivity contribution is 7.89. The summed E-state index contributed by atoms with van der Waals surface area (Å²) in [7, 11) is -3.77. The van der Waals surface area contributed by atoms with Crippen molar-refractivity contribution in [2.45, 2.75) is 11.4 Å². The van der Waals surface area contributed by atoms with Crippen LogP contribution in [0.1, 0.15) is 5.69 Å². The molecule has 0 unspecified atom stereocenters. The zero-order chi connectivity index (χ0) is 13.9. The zero-order valence-corrected chi connectivity index (χ0v) is 12.0. The van der Waals surface area contributed by atoms with Gasteiger partial charge in [-0.05, 0) is 24.3 Å². The fourth-order valence-corrected chi connectivity index (χ4v) is 3.62. The highest BCUT2D eigenvalue weighted by Crippen LogP contribution is 2.28. The van der Waals surface area contributed by atoms with Gasteiger partial charge in [-0.3, -0.25) is 4.98 Å². The van der Waals surface area contributed by atoms with Crippen molar-refractivity contribution in [3.8, 4) is 0 Å². The molecule has 4 nitrogen and oxygen atoms in total. The second-order valence-electron chi connectivity index (χ2n) is 3.70. The van der Waals surface area contributed by atoms with E-state index in [-0.39, 0.29) is 21.5 Å². The lowest BCUT2D eigenvalue weighted by Gasteiger charge is -2.09. The average Bonchev–Trinajstić information content (AvgIpc) is 2.37. The molecule has 1 aromatic heterocycles. The molecule has 7 heteroatoms. The van der Waals surface area contributed by atoms with Crippen molar-refractivity contribution in [2.75, 3.05) is 0 Å². The molecule has 1 aromatic carbocycles. The molecular weight excluding hydrogens is 307 g/mol. The summed E-state index contributed by atoms with van der Waals surface area (Å²) in [6.45, 7) is 0.0741. The van der Waals surface area contributed by atoms with Crippen molar-refractivity contribution in [3.05, 3.63) is 58.3 Å². The van der Waals surface area contributed by atoms with E-state index in [1.165, 1.54) is 12.1 Å². The molecule has 0 atom stereocenters. The van der Waals surface area contributed by atoms with Crippen molar-refractivity contribution in [2.24, 2.45) is 0 Å². The van der Waals surface area contributed by atoms with Crippen LogP contribution in [0.15, 0.2) is 47.5 Å². The molecule has 0 saturated heterocycles. The molecule has 0 fully saturated rings. The third kappa shape index (κ3) is 3.45. The molecule has 0 spiro atoms. The van der Waals surface area contributed by atoms with E-state index in [1.807, 2.05) is 0 Å². The fraction of sp³-hybridized carbons (Fsp3) is 0.0833. The second-order valence-corrected chi connectivity index (χ2v) is 6.21. The Morgan fingerprint density at radius 3 is 2.32 bits per heavy atom. The van der Waals surface area contributed by atoms with Crippen LogP contribution in [0.3, 0.4) is 0 Å². The minimum absolute atomic E-state index is 0.0741. The van der Waals surface area contributed by atoms with E-state index in [4.69, 9.17) is 23.2 Å². The van der Waals surface area contributed by atoms with Crippen molar-refractivity contribution >= 4 is 33.2 Å². The lowest BCUT2D eigenvalue weighted by atomic mass is 10.4. The first kappa shape index (κ1) is 14.3. The summed E-state index contributed by atoms with van der Waals surface area (Å²) in [6.07, 6.45) is 1.59. The summed E-state index contributed by atoms with van der Waals surface area (Å²) in [5.41, 5.74) is 0.606. The minimum atomic E-state index is -3.77. The number of nitrogens with zero attached hydrogens (tertiary/aromatic N) is 1. The van der Waals surface area contributed by atoms with Crippen LogP contribution < -0.4 is 4.72 Å². The number of rotatable bonds is 4. The number of aromatic nitrogens is 1. The van der Waals surface area contributed by atoms with Gasteiger partial charge in [-0.15, -0.1) is 0 Å². The summed E-state index contributed by atoms with van der Waals surface area (Å²) < 4.78 is 26.7. The first-order chi connectivity index (χ1) is 9.00. The Morgan fingerprint density at radius 1 is 1.05 bits per heavy atom. The summed E-state index contributed by atoms with van der Waals surface area (Å²) in [5.74, 6) is 0. The van der Waals surface area contributed by atoms with E-state index in [0.29, 0.717) is 5.69 Å². The van der Waals surface area contributed by atoms with E-state index in [9.17, 15) is 8.42 Å². The average molecular weight is 317 g/mol. The molecule has 0 aliphatic rings. The Bertz CT molecular complexity index is 655. The van der Waals surface area contributed by atoms with Crippen LogP contribution in [0.4, 0.5) is 0 Å². The number of hydrogen-bond acceptors (Lipinski definition) is 3. The monoisotopic (exact) mass is 316 g/mol. The number of pyridine rings is 1. The van der Waals surface area contributed by atoms with Gasteiger partial charge >= 0.3 is 0 Å². The molecule has 0 radical (unpaired) electrons. The van der Waals surface area contributed by atoms with Crippen LogP contribution in [0.2, 0.25) is 10.0 Å². The maximum atomic E-state index is 12.1. The first-order valence-corrected chi connectivity index (χ1v) is 7.58. The normalized spacial score (nSPS) is 11.5. The Kier molecular flexibility index (Phi) is 4.42. The van der Waals surface area contributed by atoms with Gasteiger partial charge < -0.3 is 0 Å². The Morgan fingerprint density at radius 2 is 1.74 bits per heavy atom. The lowest BCUT2D eigenvalue weighted by Crippen LogP contribution is -2.24. The molecule has 0 amide bonds. The number of benzene rings is 1. The SMILES string of the molecule is O=S(=O)(NCc1ccccn1)c1c(Cl)cccc1Cl. The topological polar surface area (TPSA) is 59.1 Å². The van der Waals surface area contributed by atoms with Crippen molar-refractivity contribution in [1.29, 1.82) is 0 Å². The molecular formula is C12H10Cl2N2O2S. The molecule has 0 aliphatic heterocycles. The van der Waals surface area contributed by atoms with Gasteiger partial charge in [0.2, 0.25) is 10.0 Å². The summed E-state index contributed by atoms with van der Waals surface area (Å²) >= 11 is 11.8. The number of halogens is 2. The van der Waals surface area contributed by atoms with Gasteiger partial charge in [0.25, 0.3) is 0 Å². The molecule has 0 aliphatic carbocycles. The largest absolute Gasteiger partial charge is 0.260 e. The Balaban J connectivity index is 2.24. The maximum absolute atomic E-state index is 12.1. The van der Waals surface area contributed by atoms with Gasteiger partial charge in [0, 0.05) is 6.20 Å². The number of sulfonamides is 1. The number of nitrogens with one attached hydrogen (secondary N) is 1. The Hall–Kier alpha value is -1.14. The highest BCUT2D eigenvalue weighted by atomic mass is 35.5. The molecule has 0 bridgehead atoms. The van der Waals surface area contributed by atoms with Gasteiger partial charge in [-0.25, -0.2) is 13.1 Å². The Labute approximate surface area is 121 Å². The predicted molar refractivity (Wildman–Crippen MR) is 74.7 cm³/mol. The van der Waals surface area contributed by atoms with Gasteiger partial charge in [0.05, 0.1) is 22.3 Å². The summed E-state index contributed by atoms with van der Waals surface area (Å²) in [6, 6.07) is 9.78. The third-order valence-corrected chi connectivity index (χ3v) is 4.71. The van der Waals surface area contributed by atoms with Crippen LogP contribution in [0.25, 0.3) is 0 Å². The van der Waals surface area contributed by atoms with Gasteiger partial charge in [0.1, 0.15) is 4.90 Å². The molecule has 0 saturated carbocycles.